The first-order valence-electron chi connectivity index (χ1n) is 2.27. The van der Waals surface area contributed by atoms with Crippen LogP contribution < -0.4 is 5.32 Å². The van der Waals surface area contributed by atoms with Crippen LogP contribution >= 0.6 is 0 Å². The lowest BCUT2D eigenvalue weighted by Gasteiger charge is -1.85. The maximum Gasteiger partial charge on any atom is 0.0878 e. The largest absolute Gasteiger partial charge is 0.376 e. The minimum Gasteiger partial charge on any atom is -0.376 e. The average Bonchev–Trinajstić information content (AvgIpc) is 1.69. The maximum absolute atomic E-state index is 3.69. The van der Waals surface area contributed by atoms with Crippen LogP contribution in [-0.2, 0) is 0 Å². The van der Waals surface area contributed by atoms with Crippen LogP contribution in [0.25, 0.3) is 0 Å². The summed E-state index contributed by atoms with van der Waals surface area (Å²) < 4.78 is 0. The van der Waals surface area contributed by atoms with Crippen molar-refractivity contribution in [3.8, 4) is 0 Å². The summed E-state index contributed by atoms with van der Waals surface area (Å²) in [6.45, 7) is 6.32. The second-order valence-corrected chi connectivity index (χ2v) is 1.02. The first-order valence-corrected chi connectivity index (χ1v) is 2.27. The molecule has 0 unspecified atom stereocenters. The third kappa shape index (κ3) is 5.21. The summed E-state index contributed by atoms with van der Waals surface area (Å²) in [5.74, 6) is 0. The summed E-state index contributed by atoms with van der Waals surface area (Å²) in [4.78, 5) is 3.69. The molecule has 0 aliphatic heterocycles. The Balaban J connectivity index is 2.92. The lowest BCUT2D eigenvalue weighted by atomic mass is 10.8. The lowest BCUT2D eigenvalue weighted by Crippen LogP contribution is -2.07. The molecule has 0 aromatic carbocycles. The summed E-state index contributed by atoms with van der Waals surface area (Å²) in [6, 6.07) is 0. The van der Waals surface area contributed by atoms with Crippen molar-refractivity contribution in [2.75, 3.05) is 6.54 Å². The van der Waals surface area contributed by atoms with Crippen molar-refractivity contribution >= 4 is 6.34 Å². The Hall–Kier alpha value is -0.790. The molecule has 2 nitrogen and oxygen atoms in total. The van der Waals surface area contributed by atoms with E-state index in [1.807, 2.05) is 6.92 Å². The molecule has 0 bridgehead atoms. The molecule has 40 valence electrons. The average molecular weight is 98.1 g/mol. The fraction of sp³-hybridized carbons (Fsp3) is 0.400. The Labute approximate surface area is 44.0 Å². The molecule has 0 amide bonds. The molecule has 0 rings (SSSR count). The molecule has 0 atom stereocenters. The van der Waals surface area contributed by atoms with Crippen molar-refractivity contribution in [3.05, 3.63) is 12.8 Å². The first kappa shape index (κ1) is 6.21. The molecule has 0 fully saturated rings. The van der Waals surface area contributed by atoms with E-state index in [2.05, 4.69) is 16.9 Å². The third-order valence-corrected chi connectivity index (χ3v) is 0.475. The Bertz CT molecular complexity index is 66.5. The van der Waals surface area contributed by atoms with Gasteiger partial charge in [0.25, 0.3) is 0 Å². The molecule has 7 heavy (non-hydrogen) atoms. The van der Waals surface area contributed by atoms with E-state index in [4.69, 9.17) is 0 Å². The van der Waals surface area contributed by atoms with Crippen molar-refractivity contribution in [3.63, 3.8) is 0 Å². The van der Waals surface area contributed by atoms with Gasteiger partial charge in [0.1, 0.15) is 0 Å². The van der Waals surface area contributed by atoms with Crippen molar-refractivity contribution in [2.24, 2.45) is 4.99 Å². The number of hydrogen-bond acceptors (Lipinski definition) is 1. The summed E-state index contributed by atoms with van der Waals surface area (Å²) in [7, 11) is 0. The molecule has 0 saturated carbocycles. The number of hydrogen-bond donors (Lipinski definition) is 1. The highest BCUT2D eigenvalue weighted by atomic mass is 14.9. The predicted octanol–water partition coefficient (Wildman–Crippen LogP) is 0.768. The van der Waals surface area contributed by atoms with Crippen LogP contribution in [0.2, 0.25) is 0 Å². The maximum atomic E-state index is 3.69. The second kappa shape index (κ2) is 5.21. The lowest BCUT2D eigenvalue weighted by molar-refractivity contribution is 0.987. The van der Waals surface area contributed by atoms with Crippen molar-refractivity contribution in [1.82, 2.24) is 5.32 Å². The summed E-state index contributed by atoms with van der Waals surface area (Å²) >= 11 is 0. The van der Waals surface area contributed by atoms with Gasteiger partial charge in [-0.25, -0.2) is 4.99 Å². The number of nitrogens with one attached hydrogen (secondary N) is 1. The van der Waals surface area contributed by atoms with Gasteiger partial charge in [-0.3, -0.25) is 0 Å². The van der Waals surface area contributed by atoms with Gasteiger partial charge in [0.2, 0.25) is 0 Å². The van der Waals surface area contributed by atoms with Crippen molar-refractivity contribution in [2.45, 2.75) is 6.92 Å². The molecule has 0 spiro atoms. The van der Waals surface area contributed by atoms with E-state index in [-0.39, 0.29) is 0 Å². The molecular weight excluding hydrogens is 88.1 g/mol. The highest BCUT2D eigenvalue weighted by Crippen LogP contribution is 1.58. The van der Waals surface area contributed by atoms with Crippen LogP contribution in [0.1, 0.15) is 6.92 Å². The standard InChI is InChI=1S/C5H10N2/c1-3-6-5-7-4-2/h3,5H,1,4H2,2H3,(H,6,7). The van der Waals surface area contributed by atoms with Gasteiger partial charge in [-0.1, -0.05) is 6.58 Å². The van der Waals surface area contributed by atoms with Gasteiger partial charge >= 0.3 is 0 Å². The van der Waals surface area contributed by atoms with Crippen LogP contribution in [0.15, 0.2) is 17.8 Å². The zero-order chi connectivity index (χ0) is 5.54. The number of rotatable bonds is 3. The van der Waals surface area contributed by atoms with Crippen molar-refractivity contribution < 1.29 is 0 Å². The molecular formula is C5H10N2. The smallest absolute Gasteiger partial charge is 0.0878 e. The fourth-order valence-corrected chi connectivity index (χ4v) is 0.197. The topological polar surface area (TPSA) is 24.4 Å². The fourth-order valence-electron chi connectivity index (χ4n) is 0.197. The molecule has 0 aliphatic rings. The molecule has 0 radical (unpaired) electrons. The van der Waals surface area contributed by atoms with Gasteiger partial charge in [-0.2, -0.15) is 0 Å². The Morgan fingerprint density at radius 1 is 1.86 bits per heavy atom. The molecule has 0 heterocycles. The second-order valence-electron chi connectivity index (χ2n) is 1.02. The van der Waals surface area contributed by atoms with Gasteiger partial charge in [0.05, 0.1) is 6.34 Å². The molecule has 0 aromatic heterocycles. The van der Waals surface area contributed by atoms with Crippen LogP contribution in [-0.4, -0.2) is 12.9 Å². The van der Waals surface area contributed by atoms with E-state index in [1.165, 1.54) is 6.20 Å². The predicted molar refractivity (Wildman–Crippen MR) is 32.4 cm³/mol. The number of nitrogens with zero attached hydrogens (tertiary/aromatic N) is 1. The summed E-state index contributed by atoms with van der Waals surface area (Å²) in [6.07, 6.45) is 3.11. The van der Waals surface area contributed by atoms with Gasteiger partial charge in [0.15, 0.2) is 0 Å². The van der Waals surface area contributed by atoms with E-state index in [9.17, 15) is 0 Å². The van der Waals surface area contributed by atoms with E-state index >= 15 is 0 Å². The first-order chi connectivity index (χ1) is 3.41. The Morgan fingerprint density at radius 2 is 2.57 bits per heavy atom. The van der Waals surface area contributed by atoms with E-state index in [0.717, 1.165) is 6.54 Å². The highest BCUT2D eigenvalue weighted by Gasteiger charge is 1.60. The van der Waals surface area contributed by atoms with E-state index < -0.39 is 0 Å². The van der Waals surface area contributed by atoms with E-state index in [1.54, 1.807) is 6.34 Å². The van der Waals surface area contributed by atoms with Gasteiger partial charge in [0, 0.05) is 12.7 Å². The zero-order valence-electron chi connectivity index (χ0n) is 4.52. The SMILES string of the molecule is C=C/N=C\NCC. The number of aliphatic imine (C=N–C) groups is 1. The Morgan fingerprint density at radius 3 is 3.00 bits per heavy atom. The zero-order valence-corrected chi connectivity index (χ0v) is 4.52. The van der Waals surface area contributed by atoms with Crippen LogP contribution in [0.3, 0.4) is 0 Å². The van der Waals surface area contributed by atoms with Crippen molar-refractivity contribution in [1.29, 1.82) is 0 Å². The molecule has 1 N–H and O–H groups in total. The van der Waals surface area contributed by atoms with Gasteiger partial charge in [-0.15, -0.1) is 0 Å². The minimum atomic E-state index is 0.914. The highest BCUT2D eigenvalue weighted by molar-refractivity contribution is 5.54. The molecule has 0 aliphatic carbocycles. The van der Waals surface area contributed by atoms with Gasteiger partial charge in [-0.05, 0) is 6.92 Å². The Kier molecular flexibility index (Phi) is 4.62. The van der Waals surface area contributed by atoms with E-state index in [0.29, 0.717) is 0 Å². The molecule has 0 aromatic rings. The quantitative estimate of drug-likeness (QED) is 0.409. The summed E-state index contributed by atoms with van der Waals surface area (Å²) in [5, 5.41) is 2.89. The normalized spacial score (nSPS) is 9.29. The third-order valence-electron chi connectivity index (χ3n) is 0.475. The molecule has 0 saturated heterocycles. The monoisotopic (exact) mass is 98.1 g/mol. The van der Waals surface area contributed by atoms with Gasteiger partial charge < -0.3 is 5.32 Å². The summed E-state index contributed by atoms with van der Waals surface area (Å²) in [5.41, 5.74) is 0. The van der Waals surface area contributed by atoms with Crippen LogP contribution in [0.4, 0.5) is 0 Å². The van der Waals surface area contributed by atoms with Crippen LogP contribution in [0.5, 0.6) is 0 Å². The van der Waals surface area contributed by atoms with Crippen LogP contribution in [0, 0.1) is 0 Å². The molecule has 2 heteroatoms. The minimum absolute atomic E-state index is 0.914.